The van der Waals surface area contributed by atoms with Gasteiger partial charge in [0, 0.05) is 13.1 Å². The molecule has 0 aromatic heterocycles. The third-order valence-electron chi connectivity index (χ3n) is 4.03. The van der Waals surface area contributed by atoms with E-state index in [0.717, 1.165) is 24.8 Å². The van der Waals surface area contributed by atoms with E-state index in [4.69, 9.17) is 4.74 Å². The molecule has 0 spiro atoms. The van der Waals surface area contributed by atoms with Gasteiger partial charge in [0.15, 0.2) is 0 Å². The summed E-state index contributed by atoms with van der Waals surface area (Å²) in [6.07, 6.45) is 2.64. The number of nitrogens with zero attached hydrogens (tertiary/aromatic N) is 2. The van der Waals surface area contributed by atoms with Crippen molar-refractivity contribution in [1.29, 1.82) is 0 Å². The van der Waals surface area contributed by atoms with E-state index in [0.29, 0.717) is 0 Å². The molecule has 0 atom stereocenters. The van der Waals surface area contributed by atoms with Gasteiger partial charge in [-0.3, -0.25) is 4.90 Å². The summed E-state index contributed by atoms with van der Waals surface area (Å²) >= 11 is 0. The zero-order chi connectivity index (χ0) is 14.4. The summed E-state index contributed by atoms with van der Waals surface area (Å²) in [4.78, 5) is 4.83. The number of ether oxygens (including phenoxy) is 1. The largest absolute Gasteiger partial charge is 0.492 e. The summed E-state index contributed by atoms with van der Waals surface area (Å²) in [5.74, 6) is 1.86. The maximum absolute atomic E-state index is 5.81. The molecular weight excluding hydrogens is 319 g/mol. The molecule has 1 aromatic rings. The Balaban J connectivity index is 0.00000220. The lowest BCUT2D eigenvalue weighted by Gasteiger charge is -2.33. The standard InChI is InChI=1S/C17H28N2O.2ClH/c1-15-4-6-17(7-5-15)20-13-12-19-10-8-16(9-11-19)14-18(2)3;;/h4-7,16H,8-14H2,1-3H3;2*1H. The fourth-order valence-corrected chi connectivity index (χ4v) is 2.84. The third kappa shape index (κ3) is 7.68. The van der Waals surface area contributed by atoms with Gasteiger partial charge in [0.25, 0.3) is 0 Å². The maximum atomic E-state index is 5.81. The van der Waals surface area contributed by atoms with Crippen molar-refractivity contribution in [1.82, 2.24) is 9.80 Å². The monoisotopic (exact) mass is 348 g/mol. The van der Waals surface area contributed by atoms with Crippen LogP contribution in [-0.4, -0.2) is 56.7 Å². The predicted molar refractivity (Wildman–Crippen MR) is 98.9 cm³/mol. The molecule has 0 aliphatic carbocycles. The van der Waals surface area contributed by atoms with Crippen molar-refractivity contribution in [2.24, 2.45) is 5.92 Å². The van der Waals surface area contributed by atoms with Gasteiger partial charge in [0.2, 0.25) is 0 Å². The Kier molecular flexibility index (Phi) is 10.9. The topological polar surface area (TPSA) is 15.7 Å². The lowest BCUT2D eigenvalue weighted by atomic mass is 9.96. The van der Waals surface area contributed by atoms with Crippen LogP contribution in [0.25, 0.3) is 0 Å². The third-order valence-corrected chi connectivity index (χ3v) is 4.03. The molecule has 128 valence electrons. The fraction of sp³-hybridized carbons (Fsp3) is 0.647. The normalized spacial score (nSPS) is 16.0. The highest BCUT2D eigenvalue weighted by atomic mass is 35.5. The molecule has 0 saturated carbocycles. The van der Waals surface area contributed by atoms with Crippen molar-refractivity contribution in [3.05, 3.63) is 29.8 Å². The van der Waals surface area contributed by atoms with Crippen LogP contribution in [-0.2, 0) is 0 Å². The second-order valence-corrected chi connectivity index (χ2v) is 6.21. The van der Waals surface area contributed by atoms with Crippen LogP contribution in [0.1, 0.15) is 18.4 Å². The van der Waals surface area contributed by atoms with Gasteiger partial charge in [-0.1, -0.05) is 17.7 Å². The molecule has 1 heterocycles. The van der Waals surface area contributed by atoms with Crippen LogP contribution in [0.3, 0.4) is 0 Å². The van der Waals surface area contributed by atoms with Gasteiger partial charge >= 0.3 is 0 Å². The van der Waals surface area contributed by atoms with Crippen LogP contribution < -0.4 is 4.74 Å². The van der Waals surface area contributed by atoms with Crippen molar-refractivity contribution in [2.45, 2.75) is 19.8 Å². The number of piperidine rings is 1. The molecule has 0 N–H and O–H groups in total. The van der Waals surface area contributed by atoms with Gasteiger partial charge in [0.1, 0.15) is 12.4 Å². The number of rotatable bonds is 6. The van der Waals surface area contributed by atoms with Crippen LogP contribution >= 0.6 is 24.8 Å². The average molecular weight is 349 g/mol. The van der Waals surface area contributed by atoms with E-state index in [9.17, 15) is 0 Å². The molecule has 1 aliphatic rings. The van der Waals surface area contributed by atoms with Crippen LogP contribution in [0.5, 0.6) is 5.75 Å². The molecule has 3 nitrogen and oxygen atoms in total. The number of hydrogen-bond acceptors (Lipinski definition) is 3. The minimum Gasteiger partial charge on any atom is -0.492 e. The zero-order valence-corrected chi connectivity index (χ0v) is 15.6. The first kappa shape index (κ1) is 21.5. The number of halogens is 2. The Bertz CT molecular complexity index is 390. The molecule has 0 unspecified atom stereocenters. The SMILES string of the molecule is Cc1ccc(OCCN2CCC(CN(C)C)CC2)cc1.Cl.Cl. The summed E-state index contributed by atoms with van der Waals surface area (Å²) in [6.45, 7) is 7.60. The van der Waals surface area contributed by atoms with Gasteiger partial charge in [-0.25, -0.2) is 0 Å². The molecule has 22 heavy (non-hydrogen) atoms. The minimum absolute atomic E-state index is 0. The summed E-state index contributed by atoms with van der Waals surface area (Å²) in [5, 5.41) is 0. The van der Waals surface area contributed by atoms with Crippen molar-refractivity contribution in [3.63, 3.8) is 0 Å². The number of hydrogen-bond donors (Lipinski definition) is 0. The highest BCUT2D eigenvalue weighted by molar-refractivity contribution is 5.85. The Morgan fingerprint density at radius 1 is 1.09 bits per heavy atom. The second kappa shape index (κ2) is 11.1. The minimum atomic E-state index is 0. The van der Waals surface area contributed by atoms with Gasteiger partial charge in [-0.05, 0) is 65.0 Å². The average Bonchev–Trinajstić information content (AvgIpc) is 2.42. The molecular formula is C17H30Cl2N2O. The zero-order valence-electron chi connectivity index (χ0n) is 14.0. The second-order valence-electron chi connectivity index (χ2n) is 6.21. The molecule has 0 radical (unpaired) electrons. The van der Waals surface area contributed by atoms with Gasteiger partial charge in [-0.2, -0.15) is 0 Å². The molecule has 1 fully saturated rings. The highest BCUT2D eigenvalue weighted by Gasteiger charge is 2.19. The predicted octanol–water partition coefficient (Wildman–Crippen LogP) is 3.49. The van der Waals surface area contributed by atoms with Crippen molar-refractivity contribution >= 4 is 24.8 Å². The lowest BCUT2D eigenvalue weighted by Crippen LogP contribution is -2.39. The lowest BCUT2D eigenvalue weighted by molar-refractivity contribution is 0.141. The van der Waals surface area contributed by atoms with E-state index >= 15 is 0 Å². The summed E-state index contributed by atoms with van der Waals surface area (Å²) in [7, 11) is 4.34. The van der Waals surface area contributed by atoms with Crippen molar-refractivity contribution in [3.8, 4) is 5.75 Å². The van der Waals surface area contributed by atoms with Crippen LogP contribution in [0.4, 0.5) is 0 Å². The molecule has 1 aromatic carbocycles. The Hall–Kier alpha value is -0.480. The smallest absolute Gasteiger partial charge is 0.119 e. The van der Waals surface area contributed by atoms with E-state index in [1.807, 2.05) is 0 Å². The highest BCUT2D eigenvalue weighted by Crippen LogP contribution is 2.17. The van der Waals surface area contributed by atoms with Crippen LogP contribution in [0.15, 0.2) is 24.3 Å². The molecule has 0 bridgehead atoms. The Morgan fingerprint density at radius 2 is 1.68 bits per heavy atom. The Labute approximate surface area is 147 Å². The summed E-state index contributed by atoms with van der Waals surface area (Å²) in [6, 6.07) is 8.31. The summed E-state index contributed by atoms with van der Waals surface area (Å²) < 4.78 is 5.81. The Morgan fingerprint density at radius 3 is 2.23 bits per heavy atom. The summed E-state index contributed by atoms with van der Waals surface area (Å²) in [5.41, 5.74) is 1.28. The number of likely N-dealkylation sites (tertiary alicyclic amines) is 1. The maximum Gasteiger partial charge on any atom is 0.119 e. The van der Waals surface area contributed by atoms with Crippen molar-refractivity contribution < 1.29 is 4.74 Å². The van der Waals surface area contributed by atoms with Crippen molar-refractivity contribution in [2.75, 3.05) is 46.9 Å². The first-order valence-corrected chi connectivity index (χ1v) is 7.70. The van der Waals surface area contributed by atoms with Gasteiger partial charge < -0.3 is 9.64 Å². The van der Waals surface area contributed by atoms with Gasteiger partial charge in [0.05, 0.1) is 0 Å². The number of aryl methyl sites for hydroxylation is 1. The van der Waals surface area contributed by atoms with E-state index in [1.54, 1.807) is 0 Å². The van der Waals surface area contributed by atoms with E-state index in [1.165, 1.54) is 38.0 Å². The first-order valence-electron chi connectivity index (χ1n) is 7.70. The molecule has 1 aliphatic heterocycles. The van der Waals surface area contributed by atoms with Crippen LogP contribution in [0.2, 0.25) is 0 Å². The number of benzene rings is 1. The fourth-order valence-electron chi connectivity index (χ4n) is 2.84. The quantitative estimate of drug-likeness (QED) is 0.782. The molecule has 0 amide bonds. The molecule has 1 saturated heterocycles. The van der Waals surface area contributed by atoms with Crippen LogP contribution in [0, 0.1) is 12.8 Å². The van der Waals surface area contributed by atoms with E-state index < -0.39 is 0 Å². The first-order chi connectivity index (χ1) is 9.63. The van der Waals surface area contributed by atoms with Gasteiger partial charge in [-0.15, -0.1) is 24.8 Å². The van der Waals surface area contributed by atoms with E-state index in [-0.39, 0.29) is 24.8 Å². The molecule has 5 heteroatoms. The van der Waals surface area contributed by atoms with E-state index in [2.05, 4.69) is 55.1 Å². The molecule has 2 rings (SSSR count).